The third kappa shape index (κ3) is 1.25. The summed E-state index contributed by atoms with van der Waals surface area (Å²) in [4.78, 5) is 0. The van der Waals surface area contributed by atoms with Crippen LogP contribution in [0.3, 0.4) is 0 Å². The van der Waals surface area contributed by atoms with Gasteiger partial charge < -0.3 is 10.3 Å². The second-order valence-corrected chi connectivity index (χ2v) is 4.52. The lowest BCUT2D eigenvalue weighted by Gasteiger charge is -2.17. The van der Waals surface area contributed by atoms with Crippen molar-refractivity contribution in [2.75, 3.05) is 6.54 Å². The Morgan fingerprint density at radius 2 is 2.07 bits per heavy atom. The van der Waals surface area contributed by atoms with E-state index < -0.39 is 0 Å². The maximum atomic E-state index is 5.80. The Morgan fingerprint density at radius 1 is 1.43 bits per heavy atom. The molecule has 1 saturated carbocycles. The maximum Gasteiger partial charge on any atom is 0.140 e. The van der Waals surface area contributed by atoms with Crippen molar-refractivity contribution < 1.29 is 0 Å². The van der Waals surface area contributed by atoms with Crippen LogP contribution in [0.5, 0.6) is 0 Å². The predicted molar refractivity (Wildman–Crippen MR) is 55.1 cm³/mol. The summed E-state index contributed by atoms with van der Waals surface area (Å²) in [6.45, 7) is 7.01. The fourth-order valence-corrected chi connectivity index (χ4v) is 2.02. The molecule has 1 heterocycles. The van der Waals surface area contributed by atoms with E-state index in [1.54, 1.807) is 0 Å². The molecule has 0 bridgehead atoms. The number of aromatic nitrogens is 3. The second kappa shape index (κ2) is 3.05. The molecule has 14 heavy (non-hydrogen) atoms. The zero-order chi connectivity index (χ0) is 10.3. The van der Waals surface area contributed by atoms with Gasteiger partial charge in [-0.15, -0.1) is 10.2 Å². The van der Waals surface area contributed by atoms with Gasteiger partial charge in [-0.25, -0.2) is 0 Å². The molecule has 4 nitrogen and oxygen atoms in total. The van der Waals surface area contributed by atoms with Crippen molar-refractivity contribution in [3.63, 3.8) is 0 Å². The highest BCUT2D eigenvalue weighted by Gasteiger charge is 2.47. The molecule has 0 aromatic carbocycles. The van der Waals surface area contributed by atoms with Gasteiger partial charge in [-0.1, -0.05) is 0 Å². The number of nitrogens with two attached hydrogens (primary N) is 1. The summed E-state index contributed by atoms with van der Waals surface area (Å²) in [6, 6.07) is 0.420. The van der Waals surface area contributed by atoms with Crippen LogP contribution < -0.4 is 5.73 Å². The number of hydrogen-bond donors (Lipinski definition) is 1. The minimum atomic E-state index is 0.144. The third-order valence-corrected chi connectivity index (χ3v) is 3.10. The molecule has 1 aliphatic carbocycles. The first-order chi connectivity index (χ1) is 6.60. The summed E-state index contributed by atoms with van der Waals surface area (Å²) >= 11 is 0. The highest BCUT2D eigenvalue weighted by Crippen LogP contribution is 2.46. The number of rotatable bonds is 3. The predicted octanol–water partition coefficient (Wildman–Crippen LogP) is 1.16. The van der Waals surface area contributed by atoms with E-state index in [0.717, 1.165) is 24.5 Å². The number of nitrogens with zero attached hydrogens (tertiary/aromatic N) is 3. The van der Waals surface area contributed by atoms with E-state index in [0.29, 0.717) is 12.6 Å². The highest BCUT2D eigenvalue weighted by atomic mass is 15.3. The lowest BCUT2D eigenvalue weighted by Crippen LogP contribution is -2.25. The molecule has 1 aromatic rings. The van der Waals surface area contributed by atoms with E-state index in [-0.39, 0.29) is 5.41 Å². The summed E-state index contributed by atoms with van der Waals surface area (Å²) in [6.07, 6.45) is 2.32. The van der Waals surface area contributed by atoms with Crippen LogP contribution in [0.25, 0.3) is 0 Å². The van der Waals surface area contributed by atoms with Gasteiger partial charge in [-0.05, 0) is 33.6 Å². The zero-order valence-corrected chi connectivity index (χ0v) is 9.12. The van der Waals surface area contributed by atoms with Crippen LogP contribution in [0.4, 0.5) is 0 Å². The molecule has 0 unspecified atom stereocenters. The summed E-state index contributed by atoms with van der Waals surface area (Å²) in [5.74, 6) is 2.09. The Kier molecular flexibility index (Phi) is 2.10. The SMILES string of the molecule is Cc1nnc(C2(CN)CC2)n1C(C)C. The first kappa shape index (κ1) is 9.65. The number of hydrogen-bond acceptors (Lipinski definition) is 3. The Bertz CT molecular complexity index is 336. The quantitative estimate of drug-likeness (QED) is 0.785. The zero-order valence-electron chi connectivity index (χ0n) is 9.12. The molecule has 2 rings (SSSR count). The maximum absolute atomic E-state index is 5.80. The monoisotopic (exact) mass is 194 g/mol. The molecule has 1 fully saturated rings. The van der Waals surface area contributed by atoms with Crippen LogP contribution in [0, 0.1) is 6.92 Å². The van der Waals surface area contributed by atoms with Crippen LogP contribution in [-0.2, 0) is 5.41 Å². The standard InChI is InChI=1S/C10H18N4/c1-7(2)14-8(3)12-13-9(14)10(6-11)4-5-10/h7H,4-6,11H2,1-3H3. The van der Waals surface area contributed by atoms with Crippen molar-refractivity contribution in [3.8, 4) is 0 Å². The van der Waals surface area contributed by atoms with Crippen LogP contribution in [0.2, 0.25) is 0 Å². The molecule has 0 spiro atoms. The largest absolute Gasteiger partial charge is 0.329 e. The molecule has 1 aliphatic rings. The van der Waals surface area contributed by atoms with E-state index in [1.165, 1.54) is 0 Å². The molecule has 0 atom stereocenters. The molecular weight excluding hydrogens is 176 g/mol. The van der Waals surface area contributed by atoms with Gasteiger partial charge in [0, 0.05) is 18.0 Å². The summed E-state index contributed by atoms with van der Waals surface area (Å²) in [5.41, 5.74) is 5.94. The van der Waals surface area contributed by atoms with Gasteiger partial charge in [0.25, 0.3) is 0 Å². The van der Waals surface area contributed by atoms with Gasteiger partial charge in [-0.2, -0.15) is 0 Å². The summed E-state index contributed by atoms with van der Waals surface area (Å²) < 4.78 is 2.21. The average Bonchev–Trinajstić information content (AvgIpc) is 2.84. The van der Waals surface area contributed by atoms with Crippen molar-refractivity contribution in [1.29, 1.82) is 0 Å². The molecule has 78 valence electrons. The topological polar surface area (TPSA) is 56.7 Å². The molecular formula is C10H18N4. The van der Waals surface area contributed by atoms with Crippen LogP contribution in [0.1, 0.15) is 44.4 Å². The fraction of sp³-hybridized carbons (Fsp3) is 0.800. The van der Waals surface area contributed by atoms with E-state index >= 15 is 0 Å². The van der Waals surface area contributed by atoms with Crippen molar-refractivity contribution in [1.82, 2.24) is 14.8 Å². The van der Waals surface area contributed by atoms with Crippen LogP contribution in [-0.4, -0.2) is 21.3 Å². The van der Waals surface area contributed by atoms with Gasteiger partial charge >= 0.3 is 0 Å². The summed E-state index contributed by atoms with van der Waals surface area (Å²) in [5, 5.41) is 8.42. The van der Waals surface area contributed by atoms with Gasteiger partial charge in [0.05, 0.1) is 0 Å². The normalized spacial score (nSPS) is 18.9. The van der Waals surface area contributed by atoms with E-state index in [4.69, 9.17) is 5.73 Å². The minimum Gasteiger partial charge on any atom is -0.329 e. The van der Waals surface area contributed by atoms with Crippen molar-refractivity contribution in [3.05, 3.63) is 11.6 Å². The first-order valence-electron chi connectivity index (χ1n) is 5.23. The van der Waals surface area contributed by atoms with Crippen molar-refractivity contribution in [2.24, 2.45) is 5.73 Å². The first-order valence-corrected chi connectivity index (χ1v) is 5.23. The van der Waals surface area contributed by atoms with Gasteiger partial charge in [0.1, 0.15) is 11.6 Å². The lowest BCUT2D eigenvalue weighted by molar-refractivity contribution is 0.510. The molecule has 1 aromatic heterocycles. The smallest absolute Gasteiger partial charge is 0.140 e. The molecule has 2 N–H and O–H groups in total. The third-order valence-electron chi connectivity index (χ3n) is 3.10. The molecule has 0 aliphatic heterocycles. The van der Waals surface area contributed by atoms with Crippen LogP contribution >= 0.6 is 0 Å². The van der Waals surface area contributed by atoms with E-state index in [9.17, 15) is 0 Å². The molecule has 0 amide bonds. The second-order valence-electron chi connectivity index (χ2n) is 4.52. The molecule has 0 saturated heterocycles. The van der Waals surface area contributed by atoms with Crippen molar-refractivity contribution >= 4 is 0 Å². The minimum absolute atomic E-state index is 0.144. The Labute approximate surface area is 84.5 Å². The molecule has 4 heteroatoms. The lowest BCUT2D eigenvalue weighted by atomic mass is 10.1. The van der Waals surface area contributed by atoms with Gasteiger partial charge in [0.15, 0.2) is 0 Å². The highest BCUT2D eigenvalue weighted by molar-refractivity contribution is 5.20. The fourth-order valence-electron chi connectivity index (χ4n) is 2.02. The number of aryl methyl sites for hydroxylation is 1. The van der Waals surface area contributed by atoms with Gasteiger partial charge in [0.2, 0.25) is 0 Å². The Morgan fingerprint density at radius 3 is 2.50 bits per heavy atom. The van der Waals surface area contributed by atoms with Gasteiger partial charge in [-0.3, -0.25) is 0 Å². The van der Waals surface area contributed by atoms with Crippen molar-refractivity contribution in [2.45, 2.75) is 45.1 Å². The van der Waals surface area contributed by atoms with Crippen LogP contribution in [0.15, 0.2) is 0 Å². The Balaban J connectivity index is 2.43. The van der Waals surface area contributed by atoms with E-state index in [2.05, 4.69) is 28.6 Å². The average molecular weight is 194 g/mol. The summed E-state index contributed by atoms with van der Waals surface area (Å²) in [7, 11) is 0. The van der Waals surface area contributed by atoms with E-state index in [1.807, 2.05) is 6.92 Å². The molecule has 0 radical (unpaired) electrons. The Hall–Kier alpha value is -0.900.